The Balaban J connectivity index is 2.28. The number of hydrogen-bond acceptors (Lipinski definition) is 6. The quantitative estimate of drug-likeness (QED) is 0.718. The summed E-state index contributed by atoms with van der Waals surface area (Å²) in [5.41, 5.74) is -0.402. The summed E-state index contributed by atoms with van der Waals surface area (Å²) in [5.74, 6) is -0.636. The molecule has 1 aromatic rings. The Morgan fingerprint density at radius 3 is 3.17 bits per heavy atom. The summed E-state index contributed by atoms with van der Waals surface area (Å²) < 4.78 is 10.1. The average molecular weight is 255 g/mol. The molecule has 1 unspecified atom stereocenters. The number of rotatable bonds is 3. The van der Waals surface area contributed by atoms with Gasteiger partial charge in [-0.2, -0.15) is 0 Å². The van der Waals surface area contributed by atoms with Gasteiger partial charge >= 0.3 is 5.97 Å². The topological polar surface area (TPSA) is 105 Å². The number of aromatic nitrogens is 2. The van der Waals surface area contributed by atoms with Crippen LogP contribution in [0.1, 0.15) is 0 Å². The fraction of sp³-hybridized carbons (Fsp3) is 0.500. The molecule has 8 nitrogen and oxygen atoms in total. The number of carboxylic acid groups (broad SMARTS) is 1. The molecule has 1 aromatic heterocycles. The van der Waals surface area contributed by atoms with Gasteiger partial charge in [-0.1, -0.05) is 0 Å². The number of aromatic amines is 1. The number of carboxylic acids is 1. The van der Waals surface area contributed by atoms with Crippen LogP contribution in [0.4, 0.5) is 5.82 Å². The lowest BCUT2D eigenvalue weighted by Crippen LogP contribution is -2.46. The minimum absolute atomic E-state index is 0.0727. The second kappa shape index (κ2) is 5.05. The van der Waals surface area contributed by atoms with Crippen molar-refractivity contribution >= 4 is 11.8 Å². The number of methoxy groups -OCH3 is 1. The van der Waals surface area contributed by atoms with E-state index in [-0.39, 0.29) is 18.9 Å². The molecule has 1 atom stereocenters. The normalized spacial score (nSPS) is 19.6. The Kier molecular flexibility index (Phi) is 3.47. The first kappa shape index (κ1) is 12.4. The fourth-order valence-electron chi connectivity index (χ4n) is 1.78. The van der Waals surface area contributed by atoms with Gasteiger partial charge in [-0.3, -0.25) is 4.79 Å². The lowest BCUT2D eigenvalue weighted by Gasteiger charge is -2.31. The molecule has 0 amide bonds. The molecule has 98 valence electrons. The number of anilines is 1. The molecule has 0 spiro atoms. The molecule has 0 radical (unpaired) electrons. The minimum atomic E-state index is -1.04. The summed E-state index contributed by atoms with van der Waals surface area (Å²) in [4.78, 5) is 30.5. The van der Waals surface area contributed by atoms with Crippen molar-refractivity contribution in [1.29, 1.82) is 0 Å². The first-order valence-corrected chi connectivity index (χ1v) is 5.34. The van der Waals surface area contributed by atoms with Gasteiger partial charge in [0.1, 0.15) is 0 Å². The van der Waals surface area contributed by atoms with Crippen molar-refractivity contribution < 1.29 is 19.4 Å². The molecule has 2 heterocycles. The molecule has 0 saturated carbocycles. The molecule has 1 saturated heterocycles. The maximum absolute atomic E-state index is 11.5. The van der Waals surface area contributed by atoms with Gasteiger partial charge in [0.05, 0.1) is 26.6 Å². The first-order valence-electron chi connectivity index (χ1n) is 5.34. The van der Waals surface area contributed by atoms with Crippen molar-refractivity contribution in [2.45, 2.75) is 6.10 Å². The molecule has 1 aliphatic heterocycles. The number of carbonyl (C=O) groups is 1. The van der Waals surface area contributed by atoms with Crippen LogP contribution in [0.5, 0.6) is 5.75 Å². The van der Waals surface area contributed by atoms with Gasteiger partial charge in [-0.05, 0) is 0 Å². The number of ether oxygens (including phenoxy) is 2. The number of nitrogens with one attached hydrogen (secondary N) is 1. The number of H-pyrrole nitrogens is 1. The lowest BCUT2D eigenvalue weighted by atomic mass is 10.2. The molecule has 0 bridgehead atoms. The van der Waals surface area contributed by atoms with Crippen LogP contribution in [0.25, 0.3) is 0 Å². The zero-order chi connectivity index (χ0) is 13.1. The third kappa shape index (κ3) is 2.28. The maximum Gasteiger partial charge on any atom is 0.334 e. The molecule has 2 rings (SSSR count). The van der Waals surface area contributed by atoms with Crippen LogP contribution in [0.15, 0.2) is 11.1 Å². The van der Waals surface area contributed by atoms with Crippen LogP contribution in [-0.2, 0) is 9.53 Å². The van der Waals surface area contributed by atoms with E-state index in [2.05, 4.69) is 9.97 Å². The van der Waals surface area contributed by atoms with Crippen LogP contribution >= 0.6 is 0 Å². The van der Waals surface area contributed by atoms with Crippen LogP contribution in [0, 0.1) is 0 Å². The predicted octanol–water partition coefficient (Wildman–Crippen LogP) is -0.932. The Morgan fingerprint density at radius 2 is 2.50 bits per heavy atom. The van der Waals surface area contributed by atoms with Crippen LogP contribution < -0.4 is 15.2 Å². The van der Waals surface area contributed by atoms with E-state index in [1.807, 2.05) is 0 Å². The zero-order valence-corrected chi connectivity index (χ0v) is 9.75. The molecule has 1 aliphatic rings. The Labute approximate surface area is 102 Å². The maximum atomic E-state index is 11.5. The summed E-state index contributed by atoms with van der Waals surface area (Å²) >= 11 is 0. The summed E-state index contributed by atoms with van der Waals surface area (Å²) in [6.07, 6.45) is 0.329. The number of nitrogens with zero attached hydrogens (tertiary/aromatic N) is 2. The SMILES string of the molecule is COc1c(N2CCOC(C(=O)O)C2)nc[nH]c1=O. The van der Waals surface area contributed by atoms with E-state index in [0.717, 1.165) is 0 Å². The molecular formula is C10H13N3O5. The summed E-state index contributed by atoms with van der Waals surface area (Å²) in [5, 5.41) is 8.91. The highest BCUT2D eigenvalue weighted by atomic mass is 16.5. The number of morpholine rings is 1. The third-order valence-electron chi connectivity index (χ3n) is 2.64. The van der Waals surface area contributed by atoms with E-state index in [9.17, 15) is 9.59 Å². The molecule has 8 heteroatoms. The smallest absolute Gasteiger partial charge is 0.334 e. The van der Waals surface area contributed by atoms with Gasteiger partial charge in [0.2, 0.25) is 5.75 Å². The van der Waals surface area contributed by atoms with Crippen molar-refractivity contribution in [3.05, 3.63) is 16.7 Å². The number of hydrogen-bond donors (Lipinski definition) is 2. The van der Waals surface area contributed by atoms with Crippen molar-refractivity contribution in [3.63, 3.8) is 0 Å². The second-order valence-corrected chi connectivity index (χ2v) is 3.73. The molecule has 18 heavy (non-hydrogen) atoms. The standard InChI is InChI=1S/C10H13N3O5/c1-17-7-8(11-5-12-9(7)14)13-2-3-18-6(4-13)10(15)16/h5-6H,2-4H2,1H3,(H,15,16)(H,11,12,14). The van der Waals surface area contributed by atoms with E-state index in [4.69, 9.17) is 14.6 Å². The van der Waals surface area contributed by atoms with Crippen molar-refractivity contribution in [1.82, 2.24) is 9.97 Å². The molecule has 0 aliphatic carbocycles. The van der Waals surface area contributed by atoms with Gasteiger partial charge in [0.25, 0.3) is 5.56 Å². The third-order valence-corrected chi connectivity index (χ3v) is 2.64. The van der Waals surface area contributed by atoms with Gasteiger partial charge < -0.3 is 24.5 Å². The summed E-state index contributed by atoms with van der Waals surface area (Å²) in [6.45, 7) is 0.841. The monoisotopic (exact) mass is 255 g/mol. The Morgan fingerprint density at radius 1 is 1.72 bits per heavy atom. The highest BCUT2D eigenvalue weighted by molar-refractivity contribution is 5.73. The van der Waals surface area contributed by atoms with Crippen LogP contribution in [-0.4, -0.2) is 54.0 Å². The number of aliphatic carboxylic acids is 1. The van der Waals surface area contributed by atoms with Crippen molar-refractivity contribution in [3.8, 4) is 5.75 Å². The van der Waals surface area contributed by atoms with Gasteiger partial charge in [0.15, 0.2) is 11.9 Å². The molecule has 0 aromatic carbocycles. The fourth-order valence-corrected chi connectivity index (χ4v) is 1.78. The highest BCUT2D eigenvalue weighted by Gasteiger charge is 2.29. The zero-order valence-electron chi connectivity index (χ0n) is 9.75. The van der Waals surface area contributed by atoms with Gasteiger partial charge in [0, 0.05) is 6.54 Å². The summed E-state index contributed by atoms with van der Waals surface area (Å²) in [6, 6.07) is 0. The molecular weight excluding hydrogens is 242 g/mol. The largest absolute Gasteiger partial charge is 0.489 e. The first-order chi connectivity index (χ1) is 8.63. The van der Waals surface area contributed by atoms with Crippen molar-refractivity contribution in [2.75, 3.05) is 31.7 Å². The molecule has 1 fully saturated rings. The lowest BCUT2D eigenvalue weighted by molar-refractivity contribution is -0.150. The van der Waals surface area contributed by atoms with E-state index < -0.39 is 17.6 Å². The minimum Gasteiger partial charge on any atom is -0.489 e. The predicted molar refractivity (Wildman–Crippen MR) is 61.0 cm³/mol. The van der Waals surface area contributed by atoms with Crippen molar-refractivity contribution in [2.24, 2.45) is 0 Å². The highest BCUT2D eigenvalue weighted by Crippen LogP contribution is 2.22. The second-order valence-electron chi connectivity index (χ2n) is 3.73. The van der Waals surface area contributed by atoms with Gasteiger partial charge in [-0.25, -0.2) is 9.78 Å². The van der Waals surface area contributed by atoms with Gasteiger partial charge in [-0.15, -0.1) is 0 Å². The molecule has 2 N–H and O–H groups in total. The van der Waals surface area contributed by atoms with E-state index >= 15 is 0 Å². The summed E-state index contributed by atoms with van der Waals surface area (Å²) in [7, 11) is 1.37. The Hall–Kier alpha value is -2.09. The average Bonchev–Trinajstić information content (AvgIpc) is 2.38. The van der Waals surface area contributed by atoms with E-state index in [1.165, 1.54) is 13.4 Å². The van der Waals surface area contributed by atoms with Crippen LogP contribution in [0.3, 0.4) is 0 Å². The van der Waals surface area contributed by atoms with E-state index in [1.54, 1.807) is 4.90 Å². The van der Waals surface area contributed by atoms with E-state index in [0.29, 0.717) is 12.4 Å². The Bertz CT molecular complexity index is 501. The van der Waals surface area contributed by atoms with Crippen LogP contribution in [0.2, 0.25) is 0 Å².